The van der Waals surface area contributed by atoms with Crippen LogP contribution in [0.25, 0.3) is 0 Å². The molecule has 3 unspecified atom stereocenters. The SMILES string of the molecule is Fc1cc(CCC2COC(C3O[C]=NC3CCc3ccc(F)c(OC(F)(F)F)c3)=N2)ccc1OC(F)(F)F. The summed E-state index contributed by atoms with van der Waals surface area (Å²) in [5, 5.41) is 0. The summed E-state index contributed by atoms with van der Waals surface area (Å²) in [6.07, 6.45) is -7.14. The number of nitrogens with zero attached hydrogens (tertiary/aromatic N) is 2. The molecule has 2 aliphatic heterocycles. The normalized spacial score (nSPS) is 21.2. The summed E-state index contributed by atoms with van der Waals surface area (Å²) in [6.45, 7) is 0.190. The first-order valence-electron chi connectivity index (χ1n) is 11.3. The third-order valence-corrected chi connectivity index (χ3v) is 5.66. The second kappa shape index (κ2) is 11.0. The zero-order chi connectivity index (χ0) is 27.5. The molecule has 0 bridgehead atoms. The Hall–Kier alpha value is -3.58. The van der Waals surface area contributed by atoms with Gasteiger partial charge in [-0.05, 0) is 61.1 Å². The topological polar surface area (TPSA) is 61.6 Å². The lowest BCUT2D eigenvalue weighted by molar-refractivity contribution is -0.276. The molecule has 2 heterocycles. The number of hydrogen-bond acceptors (Lipinski definition) is 6. The Morgan fingerprint density at radius 3 is 2.21 bits per heavy atom. The van der Waals surface area contributed by atoms with Crippen LogP contribution in [-0.2, 0) is 22.3 Å². The molecule has 1 radical (unpaired) electrons. The van der Waals surface area contributed by atoms with E-state index >= 15 is 0 Å². The molecule has 0 fully saturated rings. The fraction of sp³-hybridized carbons (Fsp3) is 0.417. The summed E-state index contributed by atoms with van der Waals surface area (Å²) in [5.41, 5.74) is 0.832. The van der Waals surface area contributed by atoms with Gasteiger partial charge in [0.15, 0.2) is 29.2 Å². The van der Waals surface area contributed by atoms with Crippen LogP contribution in [0.5, 0.6) is 11.5 Å². The molecule has 4 rings (SSSR count). The molecule has 0 saturated heterocycles. The zero-order valence-corrected chi connectivity index (χ0v) is 19.3. The number of hydrogen-bond donors (Lipinski definition) is 0. The Morgan fingerprint density at radius 1 is 0.842 bits per heavy atom. The number of aryl methyl sites for hydroxylation is 2. The maximum absolute atomic E-state index is 13.9. The molecule has 2 aromatic rings. The number of aliphatic imine (C=N–C) groups is 2. The summed E-state index contributed by atoms with van der Waals surface area (Å²) in [7, 11) is 0. The van der Waals surface area contributed by atoms with E-state index in [0.29, 0.717) is 30.4 Å². The molecule has 0 amide bonds. The highest BCUT2D eigenvalue weighted by Gasteiger charge is 2.37. The first-order chi connectivity index (χ1) is 17.9. The third kappa shape index (κ3) is 7.48. The molecule has 3 atom stereocenters. The van der Waals surface area contributed by atoms with E-state index in [2.05, 4.69) is 25.9 Å². The van der Waals surface area contributed by atoms with Crippen molar-refractivity contribution in [1.29, 1.82) is 0 Å². The van der Waals surface area contributed by atoms with Crippen molar-refractivity contribution >= 4 is 12.3 Å². The highest BCUT2D eigenvalue weighted by atomic mass is 19.4. The smallest absolute Gasteiger partial charge is 0.476 e. The summed E-state index contributed by atoms with van der Waals surface area (Å²) in [4.78, 5) is 8.54. The fourth-order valence-electron chi connectivity index (χ4n) is 3.93. The monoisotopic (exact) mass is 551 g/mol. The maximum Gasteiger partial charge on any atom is 0.573 e. The second-order valence-electron chi connectivity index (χ2n) is 8.46. The van der Waals surface area contributed by atoms with Crippen LogP contribution < -0.4 is 9.47 Å². The van der Waals surface area contributed by atoms with Gasteiger partial charge in [0, 0.05) is 0 Å². The van der Waals surface area contributed by atoms with Crippen molar-refractivity contribution in [2.24, 2.45) is 9.98 Å². The van der Waals surface area contributed by atoms with Gasteiger partial charge in [-0.15, -0.1) is 26.3 Å². The lowest BCUT2D eigenvalue weighted by Crippen LogP contribution is -2.31. The van der Waals surface area contributed by atoms with E-state index in [1.54, 1.807) is 0 Å². The predicted octanol–water partition coefficient (Wildman–Crippen LogP) is 5.80. The second-order valence-corrected chi connectivity index (χ2v) is 8.46. The molecule has 0 saturated carbocycles. The van der Waals surface area contributed by atoms with Crippen LogP contribution in [0.1, 0.15) is 24.0 Å². The van der Waals surface area contributed by atoms with Crippen LogP contribution in [0.3, 0.4) is 0 Å². The number of halogens is 8. The molecule has 2 aromatic carbocycles. The first kappa shape index (κ1) is 27.5. The minimum absolute atomic E-state index is 0.190. The highest BCUT2D eigenvalue weighted by molar-refractivity contribution is 5.85. The van der Waals surface area contributed by atoms with Crippen LogP contribution in [0.4, 0.5) is 35.1 Å². The summed E-state index contributed by atoms with van der Waals surface area (Å²) >= 11 is 0. The molecular formula is C24H19F8N2O4. The number of alkyl halides is 6. The van der Waals surface area contributed by atoms with Gasteiger partial charge in [0.05, 0.1) is 6.04 Å². The molecule has 0 spiro atoms. The minimum atomic E-state index is -5.03. The van der Waals surface area contributed by atoms with Gasteiger partial charge >= 0.3 is 12.7 Å². The van der Waals surface area contributed by atoms with Crippen LogP contribution in [-0.4, -0.2) is 49.8 Å². The minimum Gasteiger partial charge on any atom is -0.476 e. The van der Waals surface area contributed by atoms with E-state index < -0.39 is 48.0 Å². The van der Waals surface area contributed by atoms with Gasteiger partial charge < -0.3 is 18.9 Å². The van der Waals surface area contributed by atoms with Crippen LogP contribution in [0, 0.1) is 11.6 Å². The molecule has 0 N–H and O–H groups in total. The van der Waals surface area contributed by atoms with E-state index in [1.807, 2.05) is 0 Å². The number of benzene rings is 2. The van der Waals surface area contributed by atoms with Crippen molar-refractivity contribution in [3.63, 3.8) is 0 Å². The first-order valence-corrected chi connectivity index (χ1v) is 11.3. The largest absolute Gasteiger partial charge is 0.573 e. The lowest BCUT2D eigenvalue weighted by Gasteiger charge is -2.16. The maximum atomic E-state index is 13.9. The van der Waals surface area contributed by atoms with E-state index in [4.69, 9.17) is 9.47 Å². The molecular weight excluding hydrogens is 532 g/mol. The van der Waals surface area contributed by atoms with Crippen LogP contribution >= 0.6 is 0 Å². The van der Waals surface area contributed by atoms with E-state index in [1.165, 1.54) is 12.1 Å². The van der Waals surface area contributed by atoms with Crippen LogP contribution in [0.2, 0.25) is 0 Å². The lowest BCUT2D eigenvalue weighted by atomic mass is 10.0. The Balaban J connectivity index is 1.31. The van der Waals surface area contributed by atoms with Crippen LogP contribution in [0.15, 0.2) is 46.4 Å². The van der Waals surface area contributed by atoms with Gasteiger partial charge in [-0.1, -0.05) is 12.1 Å². The van der Waals surface area contributed by atoms with Crippen molar-refractivity contribution in [2.75, 3.05) is 6.61 Å². The number of rotatable bonds is 9. The van der Waals surface area contributed by atoms with Gasteiger partial charge in [0.25, 0.3) is 6.40 Å². The van der Waals surface area contributed by atoms with Gasteiger partial charge in [-0.3, -0.25) is 0 Å². The summed E-state index contributed by atoms with van der Waals surface area (Å²) in [6, 6.07) is 5.52. The Labute approximate surface area is 210 Å². The van der Waals surface area contributed by atoms with Gasteiger partial charge in [-0.2, -0.15) is 0 Å². The predicted molar refractivity (Wildman–Crippen MR) is 116 cm³/mol. The molecule has 6 nitrogen and oxygen atoms in total. The average Bonchev–Trinajstić information content (AvgIpc) is 3.47. The fourth-order valence-corrected chi connectivity index (χ4v) is 3.93. The Morgan fingerprint density at radius 2 is 1.50 bits per heavy atom. The molecule has 0 aliphatic carbocycles. The molecule has 14 heteroatoms. The Bertz CT molecular complexity index is 1200. The quantitative estimate of drug-likeness (QED) is 0.370. The standard InChI is InChI=1S/C24H19F8N2O4/c25-16-6-2-14(10-20(16)38-24(30,31)32)3-7-18-21(36-12-33-18)22-34-15(11-35-22)5-1-13-4-8-19(17(26)9-13)37-23(27,28)29/h2,4,6,8-10,15,18,21H,1,3,5,7,11H2. The summed E-state index contributed by atoms with van der Waals surface area (Å²) < 4.78 is 120. The molecule has 2 aliphatic rings. The average molecular weight is 551 g/mol. The zero-order valence-electron chi connectivity index (χ0n) is 19.3. The van der Waals surface area contributed by atoms with Crippen molar-refractivity contribution in [3.8, 4) is 11.5 Å². The van der Waals surface area contributed by atoms with Crippen molar-refractivity contribution in [1.82, 2.24) is 0 Å². The Kier molecular flexibility index (Phi) is 7.97. The number of ether oxygens (including phenoxy) is 4. The van der Waals surface area contributed by atoms with Gasteiger partial charge in [-0.25, -0.2) is 18.8 Å². The highest BCUT2D eigenvalue weighted by Crippen LogP contribution is 2.29. The van der Waals surface area contributed by atoms with E-state index in [-0.39, 0.29) is 25.0 Å². The third-order valence-electron chi connectivity index (χ3n) is 5.66. The molecule has 38 heavy (non-hydrogen) atoms. The summed E-state index contributed by atoms with van der Waals surface area (Å²) in [5.74, 6) is -3.89. The van der Waals surface area contributed by atoms with Crippen molar-refractivity contribution in [3.05, 3.63) is 59.2 Å². The van der Waals surface area contributed by atoms with E-state index in [0.717, 1.165) is 24.3 Å². The van der Waals surface area contributed by atoms with Crippen molar-refractivity contribution < 1.29 is 54.1 Å². The molecule has 205 valence electrons. The van der Waals surface area contributed by atoms with Gasteiger partial charge in [0.2, 0.25) is 5.90 Å². The van der Waals surface area contributed by atoms with E-state index in [9.17, 15) is 35.1 Å². The molecule has 0 aromatic heterocycles. The van der Waals surface area contributed by atoms with Crippen molar-refractivity contribution in [2.45, 2.75) is 56.6 Å². The van der Waals surface area contributed by atoms with Gasteiger partial charge in [0.1, 0.15) is 12.6 Å².